The molecule has 0 aliphatic rings. The number of benzene rings is 2. The second kappa shape index (κ2) is 9.15. The Balaban J connectivity index is 0.000000492. The zero-order valence-corrected chi connectivity index (χ0v) is 12.4. The minimum absolute atomic E-state index is 0.106. The molecule has 1 nitrogen and oxygen atoms in total. The zero-order valence-electron chi connectivity index (χ0n) is 9.37. The number of rotatable bonds is 2. The first-order valence-electron chi connectivity index (χ1n) is 5.15. The van der Waals surface area contributed by atoms with Gasteiger partial charge < -0.3 is 0 Å². The van der Waals surface area contributed by atoms with Crippen LogP contribution >= 0.6 is 19.1 Å². The third-order valence-corrected chi connectivity index (χ3v) is 2.39. The predicted octanol–water partition coefficient (Wildman–Crippen LogP) is 4.72. The van der Waals surface area contributed by atoms with Crippen molar-refractivity contribution in [2.24, 2.45) is 0 Å². The molecule has 0 amide bonds. The SMILES string of the molecule is N#CC(c1ccccc1)c1ccccc1.[Cl][Pd][Cl]. The van der Waals surface area contributed by atoms with E-state index in [0.717, 1.165) is 11.1 Å². The molecule has 0 heterocycles. The molecule has 0 N–H and O–H groups in total. The van der Waals surface area contributed by atoms with Gasteiger partial charge in [0.1, 0.15) is 0 Å². The molecule has 0 unspecified atom stereocenters. The van der Waals surface area contributed by atoms with E-state index in [2.05, 4.69) is 6.07 Å². The molecule has 0 atom stereocenters. The van der Waals surface area contributed by atoms with Crippen molar-refractivity contribution in [3.8, 4) is 6.07 Å². The van der Waals surface area contributed by atoms with Crippen LogP contribution in [0, 0.1) is 11.3 Å². The third-order valence-electron chi connectivity index (χ3n) is 2.39. The van der Waals surface area contributed by atoms with Crippen molar-refractivity contribution in [3.05, 3.63) is 71.8 Å². The maximum atomic E-state index is 9.18. The Morgan fingerprint density at radius 2 is 1.17 bits per heavy atom. The molecule has 96 valence electrons. The molecule has 0 fully saturated rings. The second-order valence-electron chi connectivity index (χ2n) is 3.43. The Hall–Kier alpha value is -0.828. The van der Waals surface area contributed by atoms with Crippen LogP contribution in [-0.4, -0.2) is 0 Å². The van der Waals surface area contributed by atoms with Crippen LogP contribution in [0.5, 0.6) is 0 Å². The van der Waals surface area contributed by atoms with Gasteiger partial charge in [-0.05, 0) is 11.1 Å². The summed E-state index contributed by atoms with van der Waals surface area (Å²) in [7, 11) is 9.63. The Morgan fingerprint density at radius 3 is 1.44 bits per heavy atom. The fourth-order valence-corrected chi connectivity index (χ4v) is 1.63. The average molecular weight is 371 g/mol. The van der Waals surface area contributed by atoms with E-state index in [1.807, 2.05) is 60.7 Å². The van der Waals surface area contributed by atoms with Crippen molar-refractivity contribution in [2.45, 2.75) is 5.92 Å². The van der Waals surface area contributed by atoms with Crippen molar-refractivity contribution in [1.29, 1.82) is 5.26 Å². The fraction of sp³-hybridized carbons (Fsp3) is 0.0714. The van der Waals surface area contributed by atoms with E-state index >= 15 is 0 Å². The van der Waals surface area contributed by atoms with Gasteiger partial charge in [0.15, 0.2) is 0 Å². The van der Waals surface area contributed by atoms with Crippen molar-refractivity contribution >= 4 is 19.1 Å². The molecular weight excluding hydrogens is 359 g/mol. The van der Waals surface area contributed by atoms with Crippen LogP contribution in [0.3, 0.4) is 0 Å². The molecule has 18 heavy (non-hydrogen) atoms. The Bertz CT molecular complexity index is 443. The van der Waals surface area contributed by atoms with Gasteiger partial charge in [-0.15, -0.1) is 0 Å². The van der Waals surface area contributed by atoms with Gasteiger partial charge in [-0.1, -0.05) is 60.7 Å². The van der Waals surface area contributed by atoms with Gasteiger partial charge in [0, 0.05) is 0 Å². The number of halogens is 2. The molecule has 0 bridgehead atoms. The van der Waals surface area contributed by atoms with Crippen LogP contribution in [0.25, 0.3) is 0 Å². The Kier molecular flexibility index (Phi) is 7.74. The van der Waals surface area contributed by atoms with Gasteiger partial charge in [-0.25, -0.2) is 0 Å². The summed E-state index contributed by atoms with van der Waals surface area (Å²) < 4.78 is 0. The van der Waals surface area contributed by atoms with E-state index < -0.39 is 0 Å². The first-order valence-corrected chi connectivity index (χ1v) is 9.15. The van der Waals surface area contributed by atoms with Gasteiger partial charge in [-0.3, -0.25) is 0 Å². The first kappa shape index (κ1) is 15.2. The molecule has 0 aliphatic carbocycles. The van der Waals surface area contributed by atoms with Gasteiger partial charge in [0.25, 0.3) is 0 Å². The summed E-state index contributed by atoms with van der Waals surface area (Å²) in [5.41, 5.74) is 2.09. The van der Waals surface area contributed by atoms with Crippen LogP contribution < -0.4 is 0 Å². The van der Waals surface area contributed by atoms with Crippen LogP contribution in [0.2, 0.25) is 0 Å². The van der Waals surface area contributed by atoms with Crippen molar-refractivity contribution in [1.82, 2.24) is 0 Å². The summed E-state index contributed by atoms with van der Waals surface area (Å²) in [5, 5.41) is 9.18. The van der Waals surface area contributed by atoms with Gasteiger partial charge in [-0.2, -0.15) is 5.26 Å². The van der Waals surface area contributed by atoms with E-state index in [0.29, 0.717) is 0 Å². The molecule has 2 aromatic rings. The van der Waals surface area contributed by atoms with E-state index in [1.165, 1.54) is 0 Å². The van der Waals surface area contributed by atoms with Crippen molar-refractivity contribution in [3.63, 3.8) is 0 Å². The maximum absolute atomic E-state index is 9.18. The van der Waals surface area contributed by atoms with E-state index in [4.69, 9.17) is 19.1 Å². The normalized spacial score (nSPS) is 9.44. The topological polar surface area (TPSA) is 23.8 Å². The molecule has 0 aliphatic heterocycles. The average Bonchev–Trinajstić information content (AvgIpc) is 2.43. The van der Waals surface area contributed by atoms with Crippen LogP contribution in [-0.2, 0) is 15.9 Å². The van der Waals surface area contributed by atoms with E-state index in [-0.39, 0.29) is 21.9 Å². The van der Waals surface area contributed by atoms with E-state index in [1.54, 1.807) is 0 Å². The summed E-state index contributed by atoms with van der Waals surface area (Å²) in [6.45, 7) is 0. The molecule has 0 saturated carbocycles. The Morgan fingerprint density at radius 1 is 0.833 bits per heavy atom. The van der Waals surface area contributed by atoms with E-state index in [9.17, 15) is 5.26 Å². The third kappa shape index (κ3) is 4.81. The first-order chi connectivity index (χ1) is 8.83. The molecule has 2 aromatic carbocycles. The monoisotopic (exact) mass is 369 g/mol. The van der Waals surface area contributed by atoms with Crippen LogP contribution in [0.15, 0.2) is 60.7 Å². The molecule has 4 heteroatoms. The molecule has 0 saturated heterocycles. The minimum atomic E-state index is -0.160. The number of nitriles is 1. The quantitative estimate of drug-likeness (QED) is 0.702. The van der Waals surface area contributed by atoms with Crippen LogP contribution in [0.4, 0.5) is 0 Å². The molecule has 0 aromatic heterocycles. The summed E-state index contributed by atoms with van der Waals surface area (Å²) in [6, 6.07) is 22.0. The zero-order chi connectivity index (χ0) is 13.2. The standard InChI is InChI=1S/C14H11N.2ClH.Pd/c15-11-14(12-7-3-1-4-8-12)13-9-5-2-6-10-13;;;/h1-10,14H;2*1H;/q;;;+2/p-2. The summed E-state index contributed by atoms with van der Waals surface area (Å²) in [6.07, 6.45) is 0. The van der Waals surface area contributed by atoms with Crippen molar-refractivity contribution < 1.29 is 15.9 Å². The predicted molar refractivity (Wildman–Crippen MR) is 72.0 cm³/mol. The molecule has 2 rings (SSSR count). The van der Waals surface area contributed by atoms with Gasteiger partial charge in [0.05, 0.1) is 12.0 Å². The second-order valence-corrected chi connectivity index (χ2v) is 5.79. The summed E-state index contributed by atoms with van der Waals surface area (Å²) in [4.78, 5) is 0. The van der Waals surface area contributed by atoms with Gasteiger partial charge in [0.2, 0.25) is 0 Å². The van der Waals surface area contributed by atoms with Crippen LogP contribution in [0.1, 0.15) is 17.0 Å². The fourth-order valence-electron chi connectivity index (χ4n) is 1.63. The number of nitrogens with zero attached hydrogens (tertiary/aromatic N) is 1. The number of hydrogen-bond donors (Lipinski definition) is 0. The molecule has 0 spiro atoms. The summed E-state index contributed by atoms with van der Waals surface area (Å²) >= 11 is -0.106. The molecule has 0 radical (unpaired) electrons. The van der Waals surface area contributed by atoms with Crippen molar-refractivity contribution in [2.75, 3.05) is 0 Å². The molecular formula is C14H11Cl2NPd. The Labute approximate surface area is 123 Å². The van der Waals surface area contributed by atoms with Gasteiger partial charge >= 0.3 is 35.0 Å². The number of hydrogen-bond acceptors (Lipinski definition) is 1. The summed E-state index contributed by atoms with van der Waals surface area (Å²) in [5.74, 6) is -0.160.